The smallest absolute Gasteiger partial charge is 0.149 e. The number of ketones is 1. The van der Waals surface area contributed by atoms with Crippen LogP contribution in [0.15, 0.2) is 12.7 Å². The second-order valence-corrected chi connectivity index (χ2v) is 5.67. The Hall–Kier alpha value is -0.670. The molecule has 1 unspecified atom stereocenters. The first-order chi connectivity index (χ1) is 8.76. The first-order valence-corrected chi connectivity index (χ1v) is 7.24. The summed E-state index contributed by atoms with van der Waals surface area (Å²) in [5.41, 5.74) is 0.0370. The van der Waals surface area contributed by atoms with E-state index in [0.717, 1.165) is 32.3 Å². The van der Waals surface area contributed by atoms with Gasteiger partial charge in [0, 0.05) is 19.1 Å². The molecule has 1 spiro atoms. The summed E-state index contributed by atoms with van der Waals surface area (Å²) in [6, 6.07) is 0. The van der Waals surface area contributed by atoms with Gasteiger partial charge in [0.25, 0.3) is 0 Å². The summed E-state index contributed by atoms with van der Waals surface area (Å²) in [5, 5.41) is 3.12. The van der Waals surface area contributed by atoms with E-state index in [0.29, 0.717) is 18.9 Å². The third kappa shape index (κ3) is 3.42. The van der Waals surface area contributed by atoms with Crippen LogP contribution in [0.1, 0.15) is 44.9 Å². The molecule has 1 heterocycles. The molecule has 0 aromatic heterocycles. The van der Waals surface area contributed by atoms with Crippen molar-refractivity contribution in [3.63, 3.8) is 0 Å². The van der Waals surface area contributed by atoms with Gasteiger partial charge in [-0.1, -0.05) is 25.3 Å². The van der Waals surface area contributed by atoms with Gasteiger partial charge in [0.05, 0.1) is 12.1 Å². The maximum Gasteiger partial charge on any atom is 0.149 e. The second kappa shape index (κ2) is 6.48. The lowest BCUT2D eigenvalue weighted by atomic mass is 9.75. The number of hydrogen-bond acceptors (Lipinski definition) is 3. The first kappa shape index (κ1) is 13.8. The van der Waals surface area contributed by atoms with Gasteiger partial charge in [-0.2, -0.15) is 0 Å². The van der Waals surface area contributed by atoms with Crippen LogP contribution in [0.4, 0.5) is 0 Å². The summed E-state index contributed by atoms with van der Waals surface area (Å²) in [6.07, 6.45) is 9.78. The molecule has 0 bridgehead atoms. The predicted octanol–water partition coefficient (Wildman–Crippen LogP) is 2.46. The van der Waals surface area contributed by atoms with E-state index >= 15 is 0 Å². The molecule has 1 aliphatic carbocycles. The number of nitrogens with one attached hydrogen (secondary N) is 1. The van der Waals surface area contributed by atoms with E-state index in [9.17, 15) is 4.79 Å². The van der Waals surface area contributed by atoms with Gasteiger partial charge >= 0.3 is 0 Å². The molecule has 18 heavy (non-hydrogen) atoms. The van der Waals surface area contributed by atoms with Crippen LogP contribution in [0.25, 0.3) is 0 Å². The van der Waals surface area contributed by atoms with Gasteiger partial charge < -0.3 is 10.1 Å². The summed E-state index contributed by atoms with van der Waals surface area (Å²) in [5.74, 6) is 0.555. The van der Waals surface area contributed by atoms with Gasteiger partial charge in [0.15, 0.2) is 0 Å². The third-order valence-corrected chi connectivity index (χ3v) is 4.30. The number of carbonyl (C=O) groups excluding carboxylic acids is 1. The molecule has 0 radical (unpaired) electrons. The van der Waals surface area contributed by atoms with Crippen LogP contribution in [0.3, 0.4) is 0 Å². The van der Waals surface area contributed by atoms with E-state index < -0.39 is 0 Å². The molecule has 2 aliphatic rings. The van der Waals surface area contributed by atoms with E-state index in [2.05, 4.69) is 11.9 Å². The van der Waals surface area contributed by atoms with Crippen molar-refractivity contribution in [3.05, 3.63) is 12.7 Å². The highest BCUT2D eigenvalue weighted by molar-refractivity contribution is 5.83. The zero-order valence-electron chi connectivity index (χ0n) is 11.2. The average molecular weight is 251 g/mol. The van der Waals surface area contributed by atoms with Crippen molar-refractivity contribution in [2.75, 3.05) is 19.7 Å². The average Bonchev–Trinajstić information content (AvgIpc) is 2.40. The molecule has 0 aromatic rings. The van der Waals surface area contributed by atoms with Gasteiger partial charge in [-0.25, -0.2) is 0 Å². The Morgan fingerprint density at radius 1 is 1.39 bits per heavy atom. The van der Waals surface area contributed by atoms with Crippen LogP contribution < -0.4 is 5.32 Å². The zero-order valence-corrected chi connectivity index (χ0v) is 11.2. The molecule has 1 saturated carbocycles. The summed E-state index contributed by atoms with van der Waals surface area (Å²) in [7, 11) is 0. The predicted molar refractivity (Wildman–Crippen MR) is 72.6 cm³/mol. The van der Waals surface area contributed by atoms with Crippen LogP contribution in [0.2, 0.25) is 0 Å². The van der Waals surface area contributed by atoms with E-state index in [1.54, 1.807) is 6.08 Å². The molecule has 1 aliphatic heterocycles. The highest BCUT2D eigenvalue weighted by Gasteiger charge is 2.40. The quantitative estimate of drug-likeness (QED) is 0.602. The van der Waals surface area contributed by atoms with Crippen molar-refractivity contribution in [2.24, 2.45) is 5.92 Å². The minimum absolute atomic E-state index is 0.0370. The standard InChI is InChI=1S/C15H25NO2/c1-2-9-16-12-14(17)13-6-10-18-15(11-13)7-4-3-5-8-15/h2,13,16H,1,3-12H2. The van der Waals surface area contributed by atoms with Crippen LogP contribution in [-0.2, 0) is 9.53 Å². The van der Waals surface area contributed by atoms with Crippen molar-refractivity contribution in [2.45, 2.75) is 50.5 Å². The summed E-state index contributed by atoms with van der Waals surface area (Å²) in [4.78, 5) is 12.1. The van der Waals surface area contributed by atoms with Crippen LogP contribution >= 0.6 is 0 Å². The molecule has 3 heteroatoms. The molecular formula is C15H25NO2. The number of hydrogen-bond donors (Lipinski definition) is 1. The lowest BCUT2D eigenvalue weighted by Crippen LogP contribution is -2.44. The topological polar surface area (TPSA) is 38.3 Å². The normalized spacial score (nSPS) is 27.0. The van der Waals surface area contributed by atoms with Crippen molar-refractivity contribution in [1.29, 1.82) is 0 Å². The number of Topliss-reactive ketones (excluding diaryl/α,β-unsaturated/α-hetero) is 1. The molecule has 2 rings (SSSR count). The Morgan fingerprint density at radius 2 is 2.17 bits per heavy atom. The molecule has 102 valence electrons. The molecule has 1 atom stereocenters. The maximum atomic E-state index is 12.1. The van der Waals surface area contributed by atoms with E-state index in [1.807, 2.05) is 0 Å². The monoisotopic (exact) mass is 251 g/mol. The highest BCUT2D eigenvalue weighted by Crippen LogP contribution is 2.40. The molecule has 0 amide bonds. The fourth-order valence-electron chi connectivity index (χ4n) is 3.29. The fourth-order valence-corrected chi connectivity index (χ4v) is 3.29. The van der Waals surface area contributed by atoms with Crippen LogP contribution in [0, 0.1) is 5.92 Å². The van der Waals surface area contributed by atoms with Gasteiger partial charge in [-0.3, -0.25) is 4.79 Å². The largest absolute Gasteiger partial charge is 0.375 e. The van der Waals surface area contributed by atoms with Gasteiger partial charge in [-0.05, 0) is 25.7 Å². The SMILES string of the molecule is C=CCNCC(=O)C1CCOC2(CCCCC2)C1. The zero-order chi connectivity index (χ0) is 12.8. The molecule has 0 aromatic carbocycles. The lowest BCUT2D eigenvalue weighted by Gasteiger charge is -2.43. The Labute approximate surface area is 110 Å². The molecule has 2 fully saturated rings. The number of carbonyl (C=O) groups is 1. The molecule has 3 nitrogen and oxygen atoms in total. The lowest BCUT2D eigenvalue weighted by molar-refractivity contribution is -0.142. The van der Waals surface area contributed by atoms with Gasteiger partial charge in [-0.15, -0.1) is 6.58 Å². The van der Waals surface area contributed by atoms with E-state index in [1.165, 1.54) is 19.3 Å². The first-order valence-electron chi connectivity index (χ1n) is 7.24. The van der Waals surface area contributed by atoms with Gasteiger partial charge in [0.1, 0.15) is 5.78 Å². The van der Waals surface area contributed by atoms with E-state index in [4.69, 9.17) is 4.74 Å². The van der Waals surface area contributed by atoms with Crippen molar-refractivity contribution >= 4 is 5.78 Å². The maximum absolute atomic E-state index is 12.1. The summed E-state index contributed by atoms with van der Waals surface area (Å²) in [6.45, 7) is 5.59. The second-order valence-electron chi connectivity index (χ2n) is 5.67. The van der Waals surface area contributed by atoms with Crippen molar-refractivity contribution in [3.8, 4) is 0 Å². The minimum Gasteiger partial charge on any atom is -0.375 e. The number of rotatable bonds is 5. The van der Waals surface area contributed by atoms with Crippen LogP contribution in [-0.4, -0.2) is 31.1 Å². The Balaban J connectivity index is 1.85. The molecule has 1 N–H and O–H groups in total. The van der Waals surface area contributed by atoms with Gasteiger partial charge in [0.2, 0.25) is 0 Å². The minimum atomic E-state index is 0.0370. The Morgan fingerprint density at radius 3 is 2.89 bits per heavy atom. The summed E-state index contributed by atoms with van der Waals surface area (Å²) >= 11 is 0. The number of ether oxygens (including phenoxy) is 1. The summed E-state index contributed by atoms with van der Waals surface area (Å²) < 4.78 is 6.02. The van der Waals surface area contributed by atoms with Crippen LogP contribution in [0.5, 0.6) is 0 Å². The molecule has 1 saturated heterocycles. The Bertz CT molecular complexity index is 289. The van der Waals surface area contributed by atoms with Crippen molar-refractivity contribution in [1.82, 2.24) is 5.32 Å². The Kier molecular flexibility index (Phi) is 4.95. The molecular weight excluding hydrogens is 226 g/mol. The third-order valence-electron chi connectivity index (χ3n) is 4.30. The highest BCUT2D eigenvalue weighted by atomic mass is 16.5. The fraction of sp³-hybridized carbons (Fsp3) is 0.800. The van der Waals surface area contributed by atoms with E-state index in [-0.39, 0.29) is 11.5 Å². The van der Waals surface area contributed by atoms with Crippen molar-refractivity contribution < 1.29 is 9.53 Å².